The van der Waals surface area contributed by atoms with Gasteiger partial charge in [-0.1, -0.05) is 0 Å². The molecule has 0 fully saturated rings. The molecule has 0 spiro atoms. The Bertz CT molecular complexity index is 196. The fraction of sp³-hybridized carbons (Fsp3) is 0.250. The quantitative estimate of drug-likeness (QED) is 0.128. The molecule has 11 heavy (non-hydrogen) atoms. The van der Waals surface area contributed by atoms with Crippen LogP contribution in [0.2, 0.25) is 0 Å². The smallest absolute Gasteiger partial charge is 0.398 e. The largest absolute Gasteiger partial charge is 0.462 e. The standard InChI is InChI=1S/C4H8N4O3/c1-11-3(10)2(9)7-8-4(5)6/h1H3,(H,7,9)(H4,5,6,8). The minimum Gasteiger partial charge on any atom is -0.462 e. The number of carbonyl (C=O) groups excluding carboxylic acids is 2. The Labute approximate surface area is 62.4 Å². The van der Waals surface area contributed by atoms with Gasteiger partial charge in [-0.05, 0) is 0 Å². The normalized spacial score (nSPS) is 8.09. The Kier molecular flexibility index (Phi) is 3.43. The van der Waals surface area contributed by atoms with Crippen molar-refractivity contribution in [2.45, 2.75) is 0 Å². The molecule has 0 atom stereocenters. The van der Waals surface area contributed by atoms with Crippen LogP contribution in [0.3, 0.4) is 0 Å². The van der Waals surface area contributed by atoms with Crippen molar-refractivity contribution >= 4 is 17.8 Å². The zero-order valence-electron chi connectivity index (χ0n) is 5.83. The zero-order valence-corrected chi connectivity index (χ0v) is 5.83. The zero-order chi connectivity index (χ0) is 8.85. The fourth-order valence-electron chi connectivity index (χ4n) is 0.254. The van der Waals surface area contributed by atoms with Gasteiger partial charge in [0.05, 0.1) is 7.11 Å². The number of guanidine groups is 1. The maximum atomic E-state index is 10.5. The number of nitrogens with one attached hydrogen (secondary N) is 1. The summed E-state index contributed by atoms with van der Waals surface area (Å²) < 4.78 is 4.04. The lowest BCUT2D eigenvalue weighted by Crippen LogP contribution is -2.33. The van der Waals surface area contributed by atoms with Crippen molar-refractivity contribution in [2.75, 3.05) is 7.11 Å². The molecule has 62 valence electrons. The van der Waals surface area contributed by atoms with E-state index < -0.39 is 11.9 Å². The molecule has 0 heterocycles. The highest BCUT2D eigenvalue weighted by Gasteiger charge is 2.11. The molecular formula is C4H8N4O3. The van der Waals surface area contributed by atoms with Crippen LogP contribution in [0.1, 0.15) is 0 Å². The van der Waals surface area contributed by atoms with Gasteiger partial charge in [-0.15, -0.1) is 5.10 Å². The lowest BCUT2D eigenvalue weighted by atomic mass is 10.6. The molecule has 7 heteroatoms. The molecule has 0 unspecified atom stereocenters. The van der Waals surface area contributed by atoms with Crippen molar-refractivity contribution in [2.24, 2.45) is 16.6 Å². The number of hydrogen-bond acceptors (Lipinski definition) is 4. The molecule has 0 saturated carbocycles. The molecule has 0 aliphatic heterocycles. The van der Waals surface area contributed by atoms with Crippen molar-refractivity contribution in [3.8, 4) is 0 Å². The van der Waals surface area contributed by atoms with Gasteiger partial charge in [0.15, 0.2) is 0 Å². The van der Waals surface area contributed by atoms with E-state index in [1.165, 1.54) is 0 Å². The van der Waals surface area contributed by atoms with Gasteiger partial charge in [0.25, 0.3) is 0 Å². The number of ether oxygens (including phenoxy) is 1. The first-order chi connectivity index (χ1) is 5.07. The van der Waals surface area contributed by atoms with E-state index >= 15 is 0 Å². The van der Waals surface area contributed by atoms with E-state index in [0.29, 0.717) is 0 Å². The van der Waals surface area contributed by atoms with Gasteiger partial charge in [-0.3, -0.25) is 4.79 Å². The summed E-state index contributed by atoms with van der Waals surface area (Å²) in [6.45, 7) is 0. The summed E-state index contributed by atoms with van der Waals surface area (Å²) in [6.07, 6.45) is 0. The molecule has 0 aromatic carbocycles. The first kappa shape index (κ1) is 9.21. The number of nitrogens with zero attached hydrogens (tertiary/aromatic N) is 1. The molecule has 7 nitrogen and oxygen atoms in total. The van der Waals surface area contributed by atoms with Gasteiger partial charge in [-0.2, -0.15) is 0 Å². The van der Waals surface area contributed by atoms with Crippen molar-refractivity contribution in [3.05, 3.63) is 0 Å². The lowest BCUT2D eigenvalue weighted by molar-refractivity contribution is -0.152. The Balaban J connectivity index is 3.89. The van der Waals surface area contributed by atoms with Crippen LogP contribution >= 0.6 is 0 Å². The number of carbonyl (C=O) groups is 2. The van der Waals surface area contributed by atoms with E-state index in [9.17, 15) is 9.59 Å². The molecular weight excluding hydrogens is 152 g/mol. The highest BCUT2D eigenvalue weighted by Crippen LogP contribution is 1.72. The third-order valence-corrected chi connectivity index (χ3v) is 0.657. The SMILES string of the molecule is COC(=O)C(=O)NN=C(N)N. The number of nitrogens with two attached hydrogens (primary N) is 2. The van der Waals surface area contributed by atoms with Crippen LogP contribution in [0.15, 0.2) is 5.10 Å². The van der Waals surface area contributed by atoms with Crippen molar-refractivity contribution in [1.82, 2.24) is 5.43 Å². The predicted molar refractivity (Wildman–Crippen MR) is 36.0 cm³/mol. The number of rotatable bonds is 1. The highest BCUT2D eigenvalue weighted by atomic mass is 16.5. The van der Waals surface area contributed by atoms with E-state index in [1.54, 1.807) is 5.43 Å². The molecule has 0 aliphatic rings. The van der Waals surface area contributed by atoms with E-state index in [0.717, 1.165) is 7.11 Å². The van der Waals surface area contributed by atoms with Crippen LogP contribution in [0, 0.1) is 0 Å². The highest BCUT2D eigenvalue weighted by molar-refractivity contribution is 6.32. The molecule has 0 bridgehead atoms. The van der Waals surface area contributed by atoms with Gasteiger partial charge in [-0.25, -0.2) is 10.2 Å². The summed E-state index contributed by atoms with van der Waals surface area (Å²) in [6, 6.07) is 0. The van der Waals surface area contributed by atoms with Crippen LogP contribution < -0.4 is 16.9 Å². The van der Waals surface area contributed by atoms with Gasteiger partial charge in [0, 0.05) is 0 Å². The Morgan fingerprint density at radius 3 is 2.36 bits per heavy atom. The topological polar surface area (TPSA) is 120 Å². The Hall–Kier alpha value is -1.79. The number of hydrazone groups is 1. The monoisotopic (exact) mass is 160 g/mol. The molecule has 5 N–H and O–H groups in total. The number of hydrogen-bond donors (Lipinski definition) is 3. The van der Waals surface area contributed by atoms with Crippen molar-refractivity contribution in [3.63, 3.8) is 0 Å². The third kappa shape index (κ3) is 3.73. The van der Waals surface area contributed by atoms with Crippen LogP contribution in [0.5, 0.6) is 0 Å². The number of esters is 1. The summed E-state index contributed by atoms with van der Waals surface area (Å²) in [5, 5.41) is 3.07. The molecule has 0 aliphatic carbocycles. The van der Waals surface area contributed by atoms with E-state index in [2.05, 4.69) is 9.84 Å². The molecule has 0 radical (unpaired) electrons. The Morgan fingerprint density at radius 1 is 1.45 bits per heavy atom. The predicted octanol–water partition coefficient (Wildman–Crippen LogP) is -2.54. The van der Waals surface area contributed by atoms with E-state index in [-0.39, 0.29) is 5.96 Å². The third-order valence-electron chi connectivity index (χ3n) is 0.657. The molecule has 0 aromatic rings. The van der Waals surface area contributed by atoms with Gasteiger partial charge in [0.1, 0.15) is 0 Å². The molecule has 0 aromatic heterocycles. The first-order valence-corrected chi connectivity index (χ1v) is 2.55. The first-order valence-electron chi connectivity index (χ1n) is 2.55. The summed E-state index contributed by atoms with van der Waals surface area (Å²) in [5.41, 5.74) is 11.4. The summed E-state index contributed by atoms with van der Waals surface area (Å²) >= 11 is 0. The molecule has 0 rings (SSSR count). The average molecular weight is 160 g/mol. The van der Waals surface area contributed by atoms with Gasteiger partial charge < -0.3 is 16.2 Å². The second-order valence-corrected chi connectivity index (χ2v) is 1.47. The van der Waals surface area contributed by atoms with Crippen LogP contribution in [-0.4, -0.2) is 24.9 Å². The minimum absolute atomic E-state index is 0.345. The van der Waals surface area contributed by atoms with E-state index in [4.69, 9.17) is 11.5 Å². The maximum absolute atomic E-state index is 10.5. The molecule has 0 saturated heterocycles. The van der Waals surface area contributed by atoms with Crippen molar-refractivity contribution in [1.29, 1.82) is 0 Å². The lowest BCUT2D eigenvalue weighted by Gasteiger charge is -1.95. The number of methoxy groups -OCH3 is 1. The average Bonchev–Trinajstić information content (AvgIpc) is 1.98. The minimum atomic E-state index is -1.06. The van der Waals surface area contributed by atoms with Crippen LogP contribution in [-0.2, 0) is 14.3 Å². The van der Waals surface area contributed by atoms with Crippen molar-refractivity contribution < 1.29 is 14.3 Å². The van der Waals surface area contributed by atoms with Crippen LogP contribution in [0.4, 0.5) is 0 Å². The maximum Gasteiger partial charge on any atom is 0.398 e. The fourth-order valence-corrected chi connectivity index (χ4v) is 0.254. The van der Waals surface area contributed by atoms with Gasteiger partial charge >= 0.3 is 11.9 Å². The second kappa shape index (κ2) is 4.09. The van der Waals surface area contributed by atoms with Crippen LogP contribution in [0.25, 0.3) is 0 Å². The molecule has 1 amide bonds. The van der Waals surface area contributed by atoms with E-state index in [1.807, 2.05) is 0 Å². The summed E-state index contributed by atoms with van der Waals surface area (Å²) in [5.74, 6) is -2.43. The summed E-state index contributed by atoms with van der Waals surface area (Å²) in [7, 11) is 1.07. The van der Waals surface area contributed by atoms with Gasteiger partial charge in [0.2, 0.25) is 5.96 Å². The summed E-state index contributed by atoms with van der Waals surface area (Å²) in [4.78, 5) is 20.8. The second-order valence-electron chi connectivity index (χ2n) is 1.47. The Morgan fingerprint density at radius 2 is 2.00 bits per heavy atom. The number of amides is 1.